The van der Waals surface area contributed by atoms with Crippen LogP contribution in [0.25, 0.3) is 99.5 Å². The zero-order valence-corrected chi connectivity index (χ0v) is 63.0. The Labute approximate surface area is 621 Å². The molecule has 5 heteroatoms. The Morgan fingerprint density at radius 2 is 0.581 bits per heavy atom. The van der Waals surface area contributed by atoms with Gasteiger partial charge in [-0.2, -0.15) is 0 Å². The maximum atomic E-state index is 2.78. The van der Waals surface area contributed by atoms with Crippen LogP contribution < -0.4 is 26.2 Å². The van der Waals surface area contributed by atoms with Crippen LogP contribution in [0.2, 0.25) is 0 Å². The molecular formula is C100H93BN4. The van der Waals surface area contributed by atoms with Crippen molar-refractivity contribution in [2.45, 2.75) is 143 Å². The average molecular weight is 1360 g/mol. The summed E-state index contributed by atoms with van der Waals surface area (Å²) in [4.78, 5) is 5.57. The number of hydrogen-bond acceptors (Lipinski definition) is 2. The van der Waals surface area contributed by atoms with Gasteiger partial charge in [-0.05, 0) is 168 Å². The largest absolute Gasteiger partial charge is 0.310 e. The lowest BCUT2D eigenvalue weighted by molar-refractivity contribution is 0.444. The summed E-state index contributed by atoms with van der Waals surface area (Å²) >= 11 is 0. The van der Waals surface area contributed by atoms with E-state index < -0.39 is 0 Å². The van der Waals surface area contributed by atoms with Gasteiger partial charge in [0.1, 0.15) is 0 Å². The van der Waals surface area contributed by atoms with Crippen LogP contribution in [0.15, 0.2) is 279 Å². The first-order valence-corrected chi connectivity index (χ1v) is 38.4. The van der Waals surface area contributed by atoms with Crippen molar-refractivity contribution in [2.24, 2.45) is 0 Å². The molecule has 15 aromatic rings. The molecule has 18 rings (SSSR count). The van der Waals surface area contributed by atoms with Crippen molar-refractivity contribution in [2.75, 3.05) is 9.80 Å². The highest BCUT2D eigenvalue weighted by molar-refractivity contribution is 7.00. The van der Waals surface area contributed by atoms with Gasteiger partial charge in [0.25, 0.3) is 6.71 Å². The van der Waals surface area contributed by atoms with E-state index in [1.54, 1.807) is 0 Å². The minimum Gasteiger partial charge on any atom is -0.310 e. The van der Waals surface area contributed by atoms with E-state index in [-0.39, 0.29) is 28.4 Å². The van der Waals surface area contributed by atoms with Gasteiger partial charge in [0.05, 0.1) is 33.4 Å². The molecule has 3 aliphatic rings. The van der Waals surface area contributed by atoms with Gasteiger partial charge < -0.3 is 18.9 Å². The van der Waals surface area contributed by atoms with Crippen molar-refractivity contribution >= 4 is 101 Å². The van der Waals surface area contributed by atoms with Crippen molar-refractivity contribution in [3.05, 3.63) is 307 Å². The molecule has 516 valence electrons. The number of rotatable bonds is 9. The normalized spacial score (nSPS) is 14.2. The molecule has 0 saturated heterocycles. The van der Waals surface area contributed by atoms with Crippen molar-refractivity contribution in [3.63, 3.8) is 0 Å². The molecule has 0 amide bonds. The molecule has 4 nitrogen and oxygen atoms in total. The maximum Gasteiger partial charge on any atom is 0.252 e. The average Bonchev–Trinajstić information content (AvgIpc) is 1.07. The predicted molar refractivity (Wildman–Crippen MR) is 452 cm³/mol. The quantitative estimate of drug-likeness (QED) is 0.134. The molecule has 0 radical (unpaired) electrons. The Kier molecular flexibility index (Phi) is 15.7. The monoisotopic (exact) mass is 1360 g/mol. The minimum absolute atomic E-state index is 0.0305. The fraction of sp³-hybridized carbons (Fsp3) is 0.220. The van der Waals surface area contributed by atoms with Crippen molar-refractivity contribution < 1.29 is 0 Å². The zero-order chi connectivity index (χ0) is 72.0. The highest BCUT2D eigenvalue weighted by atomic mass is 15.2. The SMILES string of the molecule is CC(C)(C)c1ccc(-c2cccc(-c3ccc(C(C)(C)C)cc3)c2N2c3cc(-n4c5ccccc5c5ccccc54)ccc3B3c4ccc(-n5c6ccccc6c6ccccc65)cc4N(c4c(-c5ccc(C(C)(C)C)cc5)cccc4-c4ccc(C(C)(C)C)cc4)c4cc(C5CCCCC5)cc2c43)cc1. The van der Waals surface area contributed by atoms with Crippen molar-refractivity contribution in [1.82, 2.24) is 9.13 Å². The summed E-state index contributed by atoms with van der Waals surface area (Å²) in [6.45, 7) is 27.7. The number of para-hydroxylation sites is 6. The van der Waals surface area contributed by atoms with Crippen LogP contribution in [0.3, 0.4) is 0 Å². The second kappa shape index (κ2) is 24.9. The number of benzene rings is 13. The molecule has 1 aliphatic carbocycles. The first-order chi connectivity index (χ1) is 50.6. The fourth-order valence-electron chi connectivity index (χ4n) is 17.9. The van der Waals surface area contributed by atoms with Gasteiger partial charge in [0.2, 0.25) is 0 Å². The third-order valence-electron chi connectivity index (χ3n) is 23.6. The van der Waals surface area contributed by atoms with Gasteiger partial charge in [-0.1, -0.05) is 321 Å². The van der Waals surface area contributed by atoms with Crippen LogP contribution in [0, 0.1) is 0 Å². The fourth-order valence-corrected chi connectivity index (χ4v) is 17.9. The van der Waals surface area contributed by atoms with Crippen LogP contribution in [-0.4, -0.2) is 15.8 Å². The van der Waals surface area contributed by atoms with Gasteiger partial charge in [-0.25, -0.2) is 0 Å². The maximum absolute atomic E-state index is 2.78. The summed E-state index contributed by atoms with van der Waals surface area (Å²) in [5.41, 5.74) is 34.0. The summed E-state index contributed by atoms with van der Waals surface area (Å²) in [6, 6.07) is 109. The van der Waals surface area contributed by atoms with Gasteiger partial charge in [0, 0.05) is 77.9 Å². The number of hydrogen-bond donors (Lipinski definition) is 0. The van der Waals surface area contributed by atoms with E-state index >= 15 is 0 Å². The number of anilines is 6. The lowest BCUT2D eigenvalue weighted by atomic mass is 9.33. The number of aromatic nitrogens is 2. The molecule has 0 atom stereocenters. The van der Waals surface area contributed by atoms with Crippen molar-refractivity contribution in [3.8, 4) is 55.9 Å². The van der Waals surface area contributed by atoms with Crippen LogP contribution in [-0.2, 0) is 21.7 Å². The molecule has 105 heavy (non-hydrogen) atoms. The van der Waals surface area contributed by atoms with Crippen LogP contribution in [0.5, 0.6) is 0 Å². The molecule has 4 heterocycles. The van der Waals surface area contributed by atoms with E-state index in [2.05, 4.69) is 381 Å². The topological polar surface area (TPSA) is 16.3 Å². The third-order valence-corrected chi connectivity index (χ3v) is 23.6. The highest BCUT2D eigenvalue weighted by Crippen LogP contribution is 2.55. The molecule has 2 aliphatic heterocycles. The van der Waals surface area contributed by atoms with E-state index in [0.717, 1.165) is 24.2 Å². The van der Waals surface area contributed by atoms with E-state index in [0.29, 0.717) is 5.92 Å². The molecule has 0 bridgehead atoms. The standard InChI is InChI=1S/C100H93BN4/c1-97(2,3)70-48-40-65(41-49-70)76-32-24-33-77(66-42-50-71(51-43-66)98(4,5)6)95(76)104-90-62-74(102-86-36-20-16-28-80(86)81-29-17-21-37-87(81)102)56-58-84(90)101-85-59-57-75(103-88-38-22-18-30-82(88)83-31-19-23-39-89(83)103)63-91(85)105(93-61-69(60-92(104)94(93)101)64-26-14-13-15-27-64)96-78(67-44-52-72(53-45-67)99(7,8)9)34-25-35-79(96)68-46-54-73(55-47-68)100(10,11)12/h16-25,28-64H,13-15,26-27H2,1-12H3. The van der Waals surface area contributed by atoms with E-state index in [4.69, 9.17) is 0 Å². The van der Waals surface area contributed by atoms with E-state index in [1.807, 2.05) is 0 Å². The predicted octanol–water partition coefficient (Wildman–Crippen LogP) is 25.9. The molecule has 0 unspecified atom stereocenters. The first-order valence-electron chi connectivity index (χ1n) is 38.4. The summed E-state index contributed by atoms with van der Waals surface area (Å²) in [7, 11) is 0. The zero-order valence-electron chi connectivity index (χ0n) is 63.0. The Balaban J connectivity index is 1.01. The molecule has 0 N–H and O–H groups in total. The molecular weight excluding hydrogens is 1270 g/mol. The highest BCUT2D eigenvalue weighted by Gasteiger charge is 2.46. The summed E-state index contributed by atoms with van der Waals surface area (Å²) in [5, 5.41) is 4.98. The van der Waals surface area contributed by atoms with Gasteiger partial charge in [-0.3, -0.25) is 0 Å². The van der Waals surface area contributed by atoms with Crippen LogP contribution in [0.4, 0.5) is 34.1 Å². The Morgan fingerprint density at radius 3 is 0.876 bits per heavy atom. The third kappa shape index (κ3) is 11.2. The van der Waals surface area contributed by atoms with E-state index in [1.165, 1.54) is 186 Å². The Morgan fingerprint density at radius 1 is 0.286 bits per heavy atom. The second-order valence-corrected chi connectivity index (χ2v) is 34.4. The second-order valence-electron chi connectivity index (χ2n) is 34.4. The van der Waals surface area contributed by atoms with Gasteiger partial charge in [-0.15, -0.1) is 0 Å². The van der Waals surface area contributed by atoms with Crippen LogP contribution >= 0.6 is 0 Å². The van der Waals surface area contributed by atoms with Crippen molar-refractivity contribution in [1.29, 1.82) is 0 Å². The molecule has 0 spiro atoms. The number of fused-ring (bicyclic) bond motifs is 10. The van der Waals surface area contributed by atoms with Gasteiger partial charge in [0.15, 0.2) is 0 Å². The molecule has 2 aromatic heterocycles. The van der Waals surface area contributed by atoms with Crippen LogP contribution in [0.1, 0.15) is 149 Å². The van der Waals surface area contributed by atoms with Gasteiger partial charge >= 0.3 is 0 Å². The summed E-state index contributed by atoms with van der Waals surface area (Å²) in [5.74, 6) is 0.340. The van der Waals surface area contributed by atoms with E-state index in [9.17, 15) is 0 Å². The summed E-state index contributed by atoms with van der Waals surface area (Å²) in [6.07, 6.45) is 5.92. The number of nitrogens with zero attached hydrogens (tertiary/aromatic N) is 4. The lowest BCUT2D eigenvalue weighted by Crippen LogP contribution is -2.61. The summed E-state index contributed by atoms with van der Waals surface area (Å²) < 4.78 is 5.06. The molecule has 13 aromatic carbocycles. The minimum atomic E-state index is -0.201. The first kappa shape index (κ1) is 66.1. The lowest BCUT2D eigenvalue weighted by Gasteiger charge is -2.46. The Bertz CT molecular complexity index is 5300. The molecule has 1 saturated carbocycles. The molecule has 1 fully saturated rings. The smallest absolute Gasteiger partial charge is 0.252 e. The Hall–Kier alpha value is -10.9.